The van der Waals surface area contributed by atoms with E-state index in [0.29, 0.717) is 23.2 Å². The van der Waals surface area contributed by atoms with Crippen molar-refractivity contribution in [2.75, 3.05) is 5.32 Å². The maximum absolute atomic E-state index is 12.6. The van der Waals surface area contributed by atoms with Crippen LogP contribution in [0.4, 0.5) is 5.69 Å². The first-order chi connectivity index (χ1) is 13.0. The van der Waals surface area contributed by atoms with Gasteiger partial charge in [-0.3, -0.25) is 14.5 Å². The van der Waals surface area contributed by atoms with Crippen LogP contribution in [0.1, 0.15) is 22.1 Å². The smallest absolute Gasteiger partial charge is 0.277 e. The molecular formula is C17H15N7O3. The van der Waals surface area contributed by atoms with E-state index in [0.717, 1.165) is 11.3 Å². The first-order valence-electron chi connectivity index (χ1n) is 8.03. The first-order valence-corrected chi connectivity index (χ1v) is 8.03. The molecule has 1 N–H and O–H groups in total. The number of aromatic nitrogens is 6. The Labute approximate surface area is 153 Å². The van der Waals surface area contributed by atoms with Gasteiger partial charge in [-0.05, 0) is 19.1 Å². The first kappa shape index (κ1) is 16.6. The molecule has 0 aliphatic heterocycles. The summed E-state index contributed by atoms with van der Waals surface area (Å²) < 4.78 is 12.4. The van der Waals surface area contributed by atoms with E-state index >= 15 is 0 Å². The number of nitrogens with zero attached hydrogens (tertiary/aromatic N) is 6. The maximum atomic E-state index is 12.6. The number of hydrogen-bond donors (Lipinski definition) is 1. The SMILES string of the molecule is Cc1cc(-c2nc(C(=O)Nc3cn(C)nc3-c3nnc(C)o3)co2)ccn1. The van der Waals surface area contributed by atoms with E-state index in [1.807, 2.05) is 13.0 Å². The number of aryl methyl sites for hydroxylation is 3. The van der Waals surface area contributed by atoms with Crippen LogP contribution in [0.2, 0.25) is 0 Å². The topological polar surface area (TPSA) is 125 Å². The molecule has 0 saturated heterocycles. The number of carbonyl (C=O) groups is 1. The molecule has 0 fully saturated rings. The molecule has 10 nitrogen and oxygen atoms in total. The van der Waals surface area contributed by atoms with Crippen molar-refractivity contribution in [3.8, 4) is 23.0 Å². The summed E-state index contributed by atoms with van der Waals surface area (Å²) in [5.41, 5.74) is 2.50. The lowest BCUT2D eigenvalue weighted by atomic mass is 10.2. The number of hydrogen-bond acceptors (Lipinski definition) is 8. The average Bonchev–Trinajstić information content (AvgIpc) is 3.35. The molecule has 4 aromatic rings. The zero-order valence-electron chi connectivity index (χ0n) is 14.8. The second-order valence-electron chi connectivity index (χ2n) is 5.87. The van der Waals surface area contributed by atoms with Crippen LogP contribution in [0, 0.1) is 13.8 Å². The summed E-state index contributed by atoms with van der Waals surface area (Å²) >= 11 is 0. The van der Waals surface area contributed by atoms with Crippen molar-refractivity contribution >= 4 is 11.6 Å². The van der Waals surface area contributed by atoms with Gasteiger partial charge in [-0.2, -0.15) is 5.10 Å². The lowest BCUT2D eigenvalue weighted by Crippen LogP contribution is -2.12. The van der Waals surface area contributed by atoms with Gasteiger partial charge in [0.1, 0.15) is 6.26 Å². The van der Waals surface area contributed by atoms with E-state index in [-0.39, 0.29) is 11.6 Å². The van der Waals surface area contributed by atoms with Crippen LogP contribution in [0.3, 0.4) is 0 Å². The molecule has 0 atom stereocenters. The van der Waals surface area contributed by atoms with Gasteiger partial charge in [0.15, 0.2) is 11.4 Å². The number of pyridine rings is 1. The molecule has 0 spiro atoms. The second-order valence-corrected chi connectivity index (χ2v) is 5.87. The minimum absolute atomic E-state index is 0.135. The molecule has 0 bridgehead atoms. The van der Waals surface area contributed by atoms with Crippen molar-refractivity contribution in [3.63, 3.8) is 0 Å². The van der Waals surface area contributed by atoms with Gasteiger partial charge < -0.3 is 14.2 Å². The maximum Gasteiger partial charge on any atom is 0.277 e. The van der Waals surface area contributed by atoms with E-state index in [1.165, 1.54) is 6.26 Å². The van der Waals surface area contributed by atoms with Crippen molar-refractivity contribution in [3.05, 3.63) is 48.1 Å². The Morgan fingerprint density at radius 3 is 2.81 bits per heavy atom. The van der Waals surface area contributed by atoms with Gasteiger partial charge in [0, 0.05) is 37.6 Å². The highest BCUT2D eigenvalue weighted by atomic mass is 16.4. The van der Waals surface area contributed by atoms with Crippen LogP contribution < -0.4 is 5.32 Å². The number of nitrogens with one attached hydrogen (secondary N) is 1. The molecular weight excluding hydrogens is 350 g/mol. The summed E-state index contributed by atoms with van der Waals surface area (Å²) in [6.45, 7) is 3.54. The van der Waals surface area contributed by atoms with E-state index in [4.69, 9.17) is 8.83 Å². The fourth-order valence-corrected chi connectivity index (χ4v) is 2.51. The highest BCUT2D eigenvalue weighted by Gasteiger charge is 2.20. The van der Waals surface area contributed by atoms with Gasteiger partial charge in [-0.25, -0.2) is 4.98 Å². The van der Waals surface area contributed by atoms with Gasteiger partial charge >= 0.3 is 0 Å². The number of amides is 1. The molecule has 10 heteroatoms. The van der Waals surface area contributed by atoms with Crippen molar-refractivity contribution in [1.82, 2.24) is 29.9 Å². The van der Waals surface area contributed by atoms with E-state index in [1.54, 1.807) is 37.1 Å². The largest absolute Gasteiger partial charge is 0.444 e. The summed E-state index contributed by atoms with van der Waals surface area (Å²) in [7, 11) is 1.72. The van der Waals surface area contributed by atoms with Crippen LogP contribution >= 0.6 is 0 Å². The Morgan fingerprint density at radius 1 is 1.22 bits per heavy atom. The summed E-state index contributed by atoms with van der Waals surface area (Å²) in [5, 5.41) is 14.7. The lowest BCUT2D eigenvalue weighted by molar-refractivity contribution is 0.102. The summed E-state index contributed by atoms with van der Waals surface area (Å²) in [4.78, 5) is 20.9. The van der Waals surface area contributed by atoms with Crippen molar-refractivity contribution in [2.24, 2.45) is 7.05 Å². The predicted molar refractivity (Wildman–Crippen MR) is 93.7 cm³/mol. The lowest BCUT2D eigenvalue weighted by Gasteiger charge is -2.00. The van der Waals surface area contributed by atoms with Crippen LogP contribution in [-0.2, 0) is 7.05 Å². The van der Waals surface area contributed by atoms with Crippen molar-refractivity contribution < 1.29 is 13.6 Å². The number of carbonyl (C=O) groups excluding carboxylic acids is 1. The molecule has 0 aliphatic carbocycles. The monoisotopic (exact) mass is 365 g/mol. The van der Waals surface area contributed by atoms with Crippen LogP contribution in [-0.4, -0.2) is 35.9 Å². The van der Waals surface area contributed by atoms with E-state index in [9.17, 15) is 4.79 Å². The molecule has 1 amide bonds. The average molecular weight is 365 g/mol. The van der Waals surface area contributed by atoms with E-state index in [2.05, 4.69) is 30.6 Å². The molecule has 4 heterocycles. The molecule has 4 aromatic heterocycles. The van der Waals surface area contributed by atoms with E-state index < -0.39 is 5.91 Å². The minimum Gasteiger partial charge on any atom is -0.444 e. The standard InChI is InChI=1S/C17H15N7O3/c1-9-6-11(4-5-18-9)16-20-13(8-26-16)15(25)19-12-7-24(3)23-14(12)17-22-21-10(2)27-17/h4-8H,1-3H3,(H,19,25). The predicted octanol–water partition coefficient (Wildman–Crippen LogP) is 2.39. The second kappa shape index (κ2) is 6.48. The third kappa shape index (κ3) is 3.32. The fourth-order valence-electron chi connectivity index (χ4n) is 2.51. The third-order valence-corrected chi connectivity index (χ3v) is 3.69. The summed E-state index contributed by atoms with van der Waals surface area (Å²) in [5.74, 6) is 0.518. The zero-order chi connectivity index (χ0) is 19.0. The highest BCUT2D eigenvalue weighted by molar-refractivity contribution is 6.04. The quantitative estimate of drug-likeness (QED) is 0.584. The molecule has 27 heavy (non-hydrogen) atoms. The van der Waals surface area contributed by atoms with Gasteiger partial charge in [0.2, 0.25) is 11.8 Å². The molecule has 136 valence electrons. The van der Waals surface area contributed by atoms with Crippen LogP contribution in [0.5, 0.6) is 0 Å². The molecule has 4 rings (SSSR count). The Kier molecular flexibility index (Phi) is 3.99. The van der Waals surface area contributed by atoms with Gasteiger partial charge in [0.25, 0.3) is 11.8 Å². The Balaban J connectivity index is 1.59. The highest BCUT2D eigenvalue weighted by Crippen LogP contribution is 2.26. The normalized spacial score (nSPS) is 10.9. The number of rotatable bonds is 4. The molecule has 0 aliphatic rings. The van der Waals surface area contributed by atoms with Crippen LogP contribution in [0.15, 0.2) is 39.6 Å². The number of oxazole rings is 1. The van der Waals surface area contributed by atoms with Gasteiger partial charge in [0.05, 0.1) is 5.69 Å². The van der Waals surface area contributed by atoms with Crippen molar-refractivity contribution in [1.29, 1.82) is 0 Å². The fraction of sp³-hybridized carbons (Fsp3) is 0.176. The minimum atomic E-state index is -0.443. The Bertz CT molecular complexity index is 1130. The Hall–Kier alpha value is -3.82. The summed E-state index contributed by atoms with van der Waals surface area (Å²) in [6, 6.07) is 3.59. The molecule has 0 unspecified atom stereocenters. The van der Waals surface area contributed by atoms with Gasteiger partial charge in [-0.1, -0.05) is 0 Å². The number of anilines is 1. The zero-order valence-corrected chi connectivity index (χ0v) is 14.8. The van der Waals surface area contributed by atoms with Crippen molar-refractivity contribution in [2.45, 2.75) is 13.8 Å². The summed E-state index contributed by atoms with van der Waals surface area (Å²) in [6.07, 6.45) is 4.59. The third-order valence-electron chi connectivity index (χ3n) is 3.69. The van der Waals surface area contributed by atoms with Gasteiger partial charge in [-0.15, -0.1) is 10.2 Å². The molecule has 0 radical (unpaired) electrons. The molecule has 0 aromatic carbocycles. The molecule has 0 saturated carbocycles. The van der Waals surface area contributed by atoms with Crippen LogP contribution in [0.25, 0.3) is 23.0 Å². The Morgan fingerprint density at radius 2 is 2.07 bits per heavy atom.